The minimum absolute atomic E-state index is 0.342. The number of pyridine rings is 1. The summed E-state index contributed by atoms with van der Waals surface area (Å²) in [6.45, 7) is 4.34. The summed E-state index contributed by atoms with van der Waals surface area (Å²) in [5.41, 5.74) is 1.26. The molecule has 1 heterocycles. The van der Waals surface area contributed by atoms with Crippen molar-refractivity contribution in [2.75, 3.05) is 7.05 Å². The molecule has 1 aromatic rings. The Bertz CT molecular complexity index is 328. The second-order valence-corrected chi connectivity index (χ2v) is 4.78. The fourth-order valence-electron chi connectivity index (χ4n) is 1.87. The maximum absolute atomic E-state index is 5.77. The predicted octanol–water partition coefficient (Wildman–Crippen LogP) is 2.33. The maximum atomic E-state index is 5.77. The lowest BCUT2D eigenvalue weighted by Crippen LogP contribution is -2.45. The molecule has 1 aliphatic carbocycles. The van der Waals surface area contributed by atoms with Crippen molar-refractivity contribution in [3.05, 3.63) is 23.9 Å². The van der Waals surface area contributed by atoms with Gasteiger partial charge in [-0.15, -0.1) is 0 Å². The molecule has 0 aliphatic heterocycles. The molecule has 0 aromatic carbocycles. The van der Waals surface area contributed by atoms with Crippen LogP contribution in [0.5, 0.6) is 5.88 Å². The summed E-state index contributed by atoms with van der Waals surface area (Å²) in [6, 6.07) is 4.70. The molecule has 1 N–H and O–H groups in total. The second kappa shape index (κ2) is 4.83. The molecule has 0 atom stereocenters. The average molecular weight is 220 g/mol. The quantitative estimate of drug-likeness (QED) is 0.845. The van der Waals surface area contributed by atoms with Crippen LogP contribution in [0.1, 0.15) is 38.2 Å². The topological polar surface area (TPSA) is 34.1 Å². The van der Waals surface area contributed by atoms with E-state index >= 15 is 0 Å². The van der Waals surface area contributed by atoms with Crippen LogP contribution >= 0.6 is 0 Å². The Morgan fingerprint density at radius 2 is 2.12 bits per heavy atom. The van der Waals surface area contributed by atoms with Crippen molar-refractivity contribution in [2.45, 2.75) is 44.8 Å². The smallest absolute Gasteiger partial charge is 0.213 e. The molecule has 0 saturated heterocycles. The van der Waals surface area contributed by atoms with Crippen LogP contribution in [0.25, 0.3) is 0 Å². The van der Waals surface area contributed by atoms with Gasteiger partial charge in [0.2, 0.25) is 5.88 Å². The summed E-state index contributed by atoms with van der Waals surface area (Å²) in [5, 5.41) is 3.24. The van der Waals surface area contributed by atoms with Gasteiger partial charge in [-0.1, -0.05) is 19.9 Å². The lowest BCUT2D eigenvalue weighted by molar-refractivity contribution is 0.0839. The Balaban J connectivity index is 1.86. The van der Waals surface area contributed by atoms with Gasteiger partial charge in [0, 0.05) is 18.3 Å². The summed E-state index contributed by atoms with van der Waals surface area (Å²) in [5.74, 6) is 1.28. The summed E-state index contributed by atoms with van der Waals surface area (Å²) < 4.78 is 5.77. The molecule has 0 unspecified atom stereocenters. The Hall–Kier alpha value is -1.09. The van der Waals surface area contributed by atoms with E-state index in [2.05, 4.69) is 30.2 Å². The molecule has 1 aliphatic rings. The van der Waals surface area contributed by atoms with Crippen molar-refractivity contribution in [3.63, 3.8) is 0 Å². The molecule has 1 fully saturated rings. The molecule has 0 bridgehead atoms. The zero-order valence-electron chi connectivity index (χ0n) is 10.2. The van der Waals surface area contributed by atoms with Crippen molar-refractivity contribution in [1.82, 2.24) is 10.3 Å². The van der Waals surface area contributed by atoms with E-state index < -0.39 is 0 Å². The van der Waals surface area contributed by atoms with Crippen molar-refractivity contribution in [2.24, 2.45) is 0 Å². The third-order valence-corrected chi connectivity index (χ3v) is 3.22. The fraction of sp³-hybridized carbons (Fsp3) is 0.615. The lowest BCUT2D eigenvalue weighted by Gasteiger charge is -2.34. The monoisotopic (exact) mass is 220 g/mol. The van der Waals surface area contributed by atoms with Crippen LogP contribution in [0.2, 0.25) is 0 Å². The molecule has 1 aromatic heterocycles. The van der Waals surface area contributed by atoms with Gasteiger partial charge in [-0.3, -0.25) is 0 Å². The van der Waals surface area contributed by atoms with Gasteiger partial charge in [0.15, 0.2) is 0 Å². The van der Waals surface area contributed by atoms with E-state index in [1.807, 2.05) is 19.3 Å². The zero-order valence-corrected chi connectivity index (χ0v) is 10.2. The van der Waals surface area contributed by atoms with Gasteiger partial charge in [0.1, 0.15) is 6.10 Å². The molecule has 16 heavy (non-hydrogen) atoms. The third-order valence-electron chi connectivity index (χ3n) is 3.22. The molecular formula is C13H20N2O. The van der Waals surface area contributed by atoms with Crippen LogP contribution in [-0.4, -0.2) is 24.2 Å². The number of nitrogens with zero attached hydrogens (tertiary/aromatic N) is 1. The maximum Gasteiger partial charge on any atom is 0.213 e. The van der Waals surface area contributed by atoms with E-state index in [0.717, 1.165) is 18.7 Å². The Morgan fingerprint density at radius 3 is 2.62 bits per heavy atom. The largest absolute Gasteiger partial charge is 0.474 e. The summed E-state index contributed by atoms with van der Waals surface area (Å²) in [6.07, 6.45) is 4.43. The predicted molar refractivity (Wildman–Crippen MR) is 64.8 cm³/mol. The molecule has 1 saturated carbocycles. The van der Waals surface area contributed by atoms with E-state index in [1.54, 1.807) is 0 Å². The van der Waals surface area contributed by atoms with Gasteiger partial charge >= 0.3 is 0 Å². The Morgan fingerprint density at radius 1 is 1.38 bits per heavy atom. The minimum atomic E-state index is 0.342. The average Bonchev–Trinajstić information content (AvgIpc) is 2.23. The highest BCUT2D eigenvalue weighted by atomic mass is 16.5. The van der Waals surface area contributed by atoms with Crippen LogP contribution in [-0.2, 0) is 0 Å². The molecule has 88 valence electrons. The first-order valence-corrected chi connectivity index (χ1v) is 5.99. The van der Waals surface area contributed by atoms with E-state index in [9.17, 15) is 0 Å². The zero-order chi connectivity index (χ0) is 11.5. The summed E-state index contributed by atoms with van der Waals surface area (Å²) >= 11 is 0. The van der Waals surface area contributed by atoms with Gasteiger partial charge in [0.05, 0.1) is 0 Å². The van der Waals surface area contributed by atoms with Gasteiger partial charge in [0.25, 0.3) is 0 Å². The standard InChI is InChI=1S/C13H20N2O/c1-9(2)10-4-5-13(15-8-10)16-12-6-11(7-12)14-3/h4-5,8-9,11-12,14H,6-7H2,1-3H3. The van der Waals surface area contributed by atoms with Gasteiger partial charge in [-0.2, -0.15) is 0 Å². The molecule has 0 amide bonds. The number of ether oxygens (including phenoxy) is 1. The van der Waals surface area contributed by atoms with E-state index in [4.69, 9.17) is 4.74 Å². The summed E-state index contributed by atoms with van der Waals surface area (Å²) in [7, 11) is 2.00. The first-order chi connectivity index (χ1) is 7.69. The number of rotatable bonds is 4. The first-order valence-electron chi connectivity index (χ1n) is 5.99. The van der Waals surface area contributed by atoms with Crippen molar-refractivity contribution in [3.8, 4) is 5.88 Å². The molecule has 3 heteroatoms. The molecular weight excluding hydrogens is 200 g/mol. The van der Waals surface area contributed by atoms with Crippen molar-refractivity contribution in [1.29, 1.82) is 0 Å². The van der Waals surface area contributed by atoms with Crippen LogP contribution in [0.3, 0.4) is 0 Å². The number of aromatic nitrogens is 1. The van der Waals surface area contributed by atoms with Crippen LogP contribution < -0.4 is 10.1 Å². The fourth-order valence-corrected chi connectivity index (χ4v) is 1.87. The number of hydrogen-bond acceptors (Lipinski definition) is 3. The van der Waals surface area contributed by atoms with E-state index in [0.29, 0.717) is 18.1 Å². The normalized spacial score (nSPS) is 24.2. The lowest BCUT2D eigenvalue weighted by atomic mass is 9.89. The van der Waals surface area contributed by atoms with Crippen molar-refractivity contribution >= 4 is 0 Å². The van der Waals surface area contributed by atoms with E-state index in [1.165, 1.54) is 5.56 Å². The van der Waals surface area contributed by atoms with Crippen LogP contribution in [0.4, 0.5) is 0 Å². The Kier molecular flexibility index (Phi) is 3.44. The molecule has 0 radical (unpaired) electrons. The molecule has 2 rings (SSSR count). The minimum Gasteiger partial charge on any atom is -0.474 e. The SMILES string of the molecule is CNC1CC(Oc2ccc(C(C)C)cn2)C1. The van der Waals surface area contributed by atoms with Crippen molar-refractivity contribution < 1.29 is 4.74 Å². The number of hydrogen-bond donors (Lipinski definition) is 1. The highest BCUT2D eigenvalue weighted by Gasteiger charge is 2.29. The Labute approximate surface area is 97.2 Å². The van der Waals surface area contributed by atoms with Crippen LogP contribution in [0.15, 0.2) is 18.3 Å². The van der Waals surface area contributed by atoms with Gasteiger partial charge in [-0.25, -0.2) is 4.98 Å². The van der Waals surface area contributed by atoms with Crippen LogP contribution in [0, 0.1) is 0 Å². The molecule has 0 spiro atoms. The highest BCUT2D eigenvalue weighted by molar-refractivity contribution is 5.20. The summed E-state index contributed by atoms with van der Waals surface area (Å²) in [4.78, 5) is 4.33. The van der Waals surface area contributed by atoms with Gasteiger partial charge in [-0.05, 0) is 31.4 Å². The van der Waals surface area contributed by atoms with E-state index in [-0.39, 0.29) is 0 Å². The highest BCUT2D eigenvalue weighted by Crippen LogP contribution is 2.25. The third kappa shape index (κ3) is 2.53. The molecule has 3 nitrogen and oxygen atoms in total. The second-order valence-electron chi connectivity index (χ2n) is 4.78. The number of nitrogens with one attached hydrogen (secondary N) is 1. The van der Waals surface area contributed by atoms with Gasteiger partial charge < -0.3 is 10.1 Å². The first kappa shape index (κ1) is 11.4.